The van der Waals surface area contributed by atoms with E-state index in [2.05, 4.69) is 73.8 Å². The summed E-state index contributed by atoms with van der Waals surface area (Å²) in [6.07, 6.45) is 3.44. The van der Waals surface area contributed by atoms with Gasteiger partial charge in [-0.1, -0.05) is 54.6 Å². The topological polar surface area (TPSA) is 78.9 Å². The SMILES string of the molecule is CC(NC(=S)Nc1nc(Sc2ncccn2)cc(N2Cc3ccccc3C2)n1)c1ccccc1. The second-order valence-electron chi connectivity index (χ2n) is 7.88. The first-order valence-electron chi connectivity index (χ1n) is 10.9. The second kappa shape index (κ2) is 10.1. The highest BCUT2D eigenvalue weighted by atomic mass is 32.2. The van der Waals surface area contributed by atoms with Gasteiger partial charge in [-0.2, -0.15) is 4.98 Å². The van der Waals surface area contributed by atoms with Gasteiger partial charge in [-0.3, -0.25) is 0 Å². The first-order valence-corrected chi connectivity index (χ1v) is 12.1. The highest BCUT2D eigenvalue weighted by Gasteiger charge is 2.21. The molecule has 0 saturated carbocycles. The molecular formula is C25H23N7S2. The van der Waals surface area contributed by atoms with Crippen molar-refractivity contribution in [2.24, 2.45) is 0 Å². The van der Waals surface area contributed by atoms with Crippen LogP contribution in [0.4, 0.5) is 11.8 Å². The van der Waals surface area contributed by atoms with Gasteiger partial charge in [0.25, 0.3) is 0 Å². The summed E-state index contributed by atoms with van der Waals surface area (Å²) in [6, 6.07) is 22.4. The Morgan fingerprint density at radius 3 is 2.32 bits per heavy atom. The summed E-state index contributed by atoms with van der Waals surface area (Å²) < 4.78 is 0. The minimum atomic E-state index is 0.0454. The van der Waals surface area contributed by atoms with E-state index in [1.54, 1.807) is 18.5 Å². The lowest BCUT2D eigenvalue weighted by Crippen LogP contribution is -2.31. The van der Waals surface area contributed by atoms with Gasteiger partial charge in [0.05, 0.1) is 6.04 Å². The molecule has 2 N–H and O–H groups in total. The fraction of sp³-hybridized carbons (Fsp3) is 0.160. The molecule has 0 bridgehead atoms. The number of rotatable bonds is 6. The van der Waals surface area contributed by atoms with Crippen molar-refractivity contribution in [1.82, 2.24) is 25.3 Å². The molecule has 7 nitrogen and oxygen atoms in total. The zero-order valence-electron chi connectivity index (χ0n) is 18.5. The molecule has 1 unspecified atom stereocenters. The van der Waals surface area contributed by atoms with E-state index in [9.17, 15) is 0 Å². The van der Waals surface area contributed by atoms with Crippen LogP contribution in [0.2, 0.25) is 0 Å². The predicted molar refractivity (Wildman–Crippen MR) is 139 cm³/mol. The summed E-state index contributed by atoms with van der Waals surface area (Å²) in [4.78, 5) is 20.3. The fourth-order valence-electron chi connectivity index (χ4n) is 3.77. The number of hydrogen-bond donors (Lipinski definition) is 2. The van der Waals surface area contributed by atoms with E-state index in [4.69, 9.17) is 17.2 Å². The van der Waals surface area contributed by atoms with Crippen LogP contribution in [-0.4, -0.2) is 25.0 Å². The zero-order valence-corrected chi connectivity index (χ0v) is 20.2. The molecule has 1 atom stereocenters. The molecule has 0 aliphatic carbocycles. The van der Waals surface area contributed by atoms with Crippen molar-refractivity contribution in [3.63, 3.8) is 0 Å². The second-order valence-corrected chi connectivity index (χ2v) is 9.27. The molecule has 5 rings (SSSR count). The van der Waals surface area contributed by atoms with Crippen molar-refractivity contribution in [1.29, 1.82) is 0 Å². The van der Waals surface area contributed by atoms with E-state index in [1.165, 1.54) is 22.9 Å². The fourth-order valence-corrected chi connectivity index (χ4v) is 4.75. The van der Waals surface area contributed by atoms with Crippen LogP contribution >= 0.6 is 24.0 Å². The van der Waals surface area contributed by atoms with Gasteiger partial charge in [0.2, 0.25) is 5.95 Å². The summed E-state index contributed by atoms with van der Waals surface area (Å²) in [7, 11) is 0. The van der Waals surface area contributed by atoms with Gasteiger partial charge >= 0.3 is 0 Å². The number of thiocarbonyl (C=S) groups is 1. The Labute approximate surface area is 208 Å². The minimum Gasteiger partial charge on any atom is -0.356 e. The summed E-state index contributed by atoms with van der Waals surface area (Å²) in [5.41, 5.74) is 3.77. The number of fused-ring (bicyclic) bond motifs is 1. The number of aromatic nitrogens is 4. The summed E-state index contributed by atoms with van der Waals surface area (Å²) in [6.45, 7) is 3.66. The van der Waals surface area contributed by atoms with Crippen LogP contribution in [0, 0.1) is 0 Å². The van der Waals surface area contributed by atoms with Crippen molar-refractivity contribution in [3.8, 4) is 0 Å². The lowest BCUT2D eigenvalue weighted by molar-refractivity contribution is 0.722. The van der Waals surface area contributed by atoms with E-state index in [0.29, 0.717) is 16.2 Å². The molecule has 0 amide bonds. The Morgan fingerprint density at radius 2 is 1.62 bits per heavy atom. The van der Waals surface area contributed by atoms with E-state index >= 15 is 0 Å². The molecule has 0 spiro atoms. The number of hydrogen-bond acceptors (Lipinski definition) is 7. The molecule has 3 heterocycles. The smallest absolute Gasteiger partial charge is 0.232 e. The summed E-state index contributed by atoms with van der Waals surface area (Å²) in [5, 5.41) is 8.32. The third kappa shape index (κ3) is 5.32. The molecule has 34 heavy (non-hydrogen) atoms. The molecular weight excluding hydrogens is 462 g/mol. The van der Waals surface area contributed by atoms with Crippen molar-refractivity contribution >= 4 is 40.9 Å². The van der Waals surface area contributed by atoms with E-state index in [1.807, 2.05) is 24.3 Å². The summed E-state index contributed by atoms with van der Waals surface area (Å²) >= 11 is 6.97. The Morgan fingerprint density at radius 1 is 0.941 bits per heavy atom. The maximum atomic E-state index is 5.57. The summed E-state index contributed by atoms with van der Waals surface area (Å²) in [5.74, 6) is 1.26. The molecule has 9 heteroatoms. The molecule has 1 aliphatic rings. The molecule has 0 saturated heterocycles. The van der Waals surface area contributed by atoms with Crippen molar-refractivity contribution in [3.05, 3.63) is 95.8 Å². The van der Waals surface area contributed by atoms with Gasteiger partial charge in [0.1, 0.15) is 10.8 Å². The van der Waals surface area contributed by atoms with Gasteiger partial charge in [-0.05, 0) is 53.7 Å². The third-order valence-corrected chi connectivity index (χ3v) is 6.50. The molecule has 1 aliphatic heterocycles. The Bertz CT molecular complexity index is 1260. The molecule has 170 valence electrons. The lowest BCUT2D eigenvalue weighted by Gasteiger charge is -2.20. The van der Waals surface area contributed by atoms with Crippen LogP contribution in [0.25, 0.3) is 0 Å². The van der Waals surface area contributed by atoms with E-state index in [-0.39, 0.29) is 6.04 Å². The lowest BCUT2D eigenvalue weighted by atomic mass is 10.1. The predicted octanol–water partition coefficient (Wildman–Crippen LogP) is 4.99. The van der Waals surface area contributed by atoms with Crippen LogP contribution in [0.15, 0.2) is 89.3 Å². The van der Waals surface area contributed by atoms with Crippen LogP contribution in [0.5, 0.6) is 0 Å². The maximum absolute atomic E-state index is 5.57. The van der Waals surface area contributed by atoms with Crippen molar-refractivity contribution in [2.45, 2.75) is 36.2 Å². The molecule has 2 aromatic carbocycles. The standard InChI is InChI=1S/C25H23N7S2/c1-17(18-8-3-2-4-9-18)28-24(33)31-23-29-21(32-15-19-10-5-6-11-20(19)16-32)14-22(30-23)34-25-26-12-7-13-27-25/h2-14,17H,15-16H2,1H3,(H2,28,29,30,31,33). The third-order valence-electron chi connectivity index (χ3n) is 5.46. The zero-order chi connectivity index (χ0) is 23.3. The highest BCUT2D eigenvalue weighted by molar-refractivity contribution is 7.99. The van der Waals surface area contributed by atoms with Gasteiger partial charge in [0.15, 0.2) is 10.3 Å². The Hall–Kier alpha value is -3.56. The van der Waals surface area contributed by atoms with E-state index in [0.717, 1.165) is 29.5 Å². The Kier molecular flexibility index (Phi) is 6.64. The number of anilines is 2. The van der Waals surface area contributed by atoms with Crippen molar-refractivity contribution in [2.75, 3.05) is 10.2 Å². The van der Waals surface area contributed by atoms with Crippen LogP contribution < -0.4 is 15.5 Å². The molecule has 0 fully saturated rings. The number of benzene rings is 2. The van der Waals surface area contributed by atoms with Crippen LogP contribution in [-0.2, 0) is 13.1 Å². The average molecular weight is 486 g/mol. The first kappa shape index (κ1) is 22.2. The monoisotopic (exact) mass is 485 g/mol. The number of nitrogens with zero attached hydrogens (tertiary/aromatic N) is 5. The largest absolute Gasteiger partial charge is 0.356 e. The van der Waals surface area contributed by atoms with E-state index < -0.39 is 0 Å². The maximum Gasteiger partial charge on any atom is 0.232 e. The molecule has 2 aromatic heterocycles. The van der Waals surface area contributed by atoms with Crippen LogP contribution in [0.3, 0.4) is 0 Å². The average Bonchev–Trinajstić information content (AvgIpc) is 3.29. The number of nitrogens with one attached hydrogen (secondary N) is 2. The van der Waals surface area contributed by atoms with Crippen molar-refractivity contribution < 1.29 is 0 Å². The van der Waals surface area contributed by atoms with Gasteiger partial charge < -0.3 is 15.5 Å². The normalized spacial score (nSPS) is 13.3. The first-order chi connectivity index (χ1) is 16.6. The van der Waals surface area contributed by atoms with Crippen LogP contribution in [0.1, 0.15) is 29.7 Å². The quantitative estimate of drug-likeness (QED) is 0.223. The Balaban J connectivity index is 1.37. The molecule has 4 aromatic rings. The van der Waals surface area contributed by atoms with Gasteiger partial charge in [0, 0.05) is 31.5 Å². The van der Waals surface area contributed by atoms with Gasteiger partial charge in [-0.15, -0.1) is 0 Å². The van der Waals surface area contributed by atoms with Gasteiger partial charge in [-0.25, -0.2) is 15.0 Å². The molecule has 0 radical (unpaired) electrons. The minimum absolute atomic E-state index is 0.0454. The highest BCUT2D eigenvalue weighted by Crippen LogP contribution is 2.31.